The number of rotatable bonds is 9. The summed E-state index contributed by atoms with van der Waals surface area (Å²) in [5.41, 5.74) is 0.735. The van der Waals surface area contributed by atoms with E-state index in [0.29, 0.717) is 36.8 Å². The molecule has 4 fully saturated rings. The molecule has 5 rings (SSSR count). The molecular formula is C30H35IO8. The van der Waals surface area contributed by atoms with Crippen molar-refractivity contribution in [3.05, 3.63) is 58.2 Å². The van der Waals surface area contributed by atoms with Crippen LogP contribution in [0.3, 0.4) is 0 Å². The number of carbonyl (C=O) groups is 4. The number of fused-ring (bicyclic) bond motifs is 4. The van der Waals surface area contributed by atoms with Crippen molar-refractivity contribution in [3.63, 3.8) is 0 Å². The monoisotopic (exact) mass is 650 g/mol. The Bertz CT molecular complexity index is 1110. The fourth-order valence-corrected chi connectivity index (χ4v) is 9.71. The van der Waals surface area contributed by atoms with Gasteiger partial charge in [-0.05, 0) is 0 Å². The molecule has 9 heteroatoms. The van der Waals surface area contributed by atoms with E-state index in [-0.39, 0.29) is 59.7 Å². The van der Waals surface area contributed by atoms with E-state index in [1.165, 1.54) is 0 Å². The third-order valence-corrected chi connectivity index (χ3v) is 12.0. The van der Waals surface area contributed by atoms with E-state index in [4.69, 9.17) is 15.6 Å². The zero-order chi connectivity index (χ0) is 27.8. The number of carbonyl (C=O) groups excluding carboxylic acids is 4. The number of halogens is 1. The fourth-order valence-electron chi connectivity index (χ4n) is 6.66. The minimum absolute atomic E-state index is 0.0824. The van der Waals surface area contributed by atoms with Crippen molar-refractivity contribution in [2.45, 2.75) is 64.6 Å². The van der Waals surface area contributed by atoms with Gasteiger partial charge in [-0.2, -0.15) is 0 Å². The molecule has 0 spiro atoms. The van der Waals surface area contributed by atoms with Gasteiger partial charge < -0.3 is 0 Å². The average Bonchev–Trinajstić information content (AvgIpc) is 3.69. The second-order valence-electron chi connectivity index (χ2n) is 11.4. The summed E-state index contributed by atoms with van der Waals surface area (Å²) in [6.45, 7) is 10.5. The molecule has 8 atom stereocenters. The molecule has 4 aliphatic carbocycles. The third-order valence-electron chi connectivity index (χ3n) is 8.61. The van der Waals surface area contributed by atoms with Gasteiger partial charge in [-0.3, -0.25) is 0 Å². The fraction of sp³-hybridized carbons (Fsp3) is 0.533. The quantitative estimate of drug-likeness (QED) is 0.200. The van der Waals surface area contributed by atoms with Crippen LogP contribution in [0.1, 0.15) is 52.4 Å². The molecular weight excluding hydrogens is 615 g/mol. The second kappa shape index (κ2) is 11.4. The van der Waals surface area contributed by atoms with Crippen molar-refractivity contribution >= 4 is 44.5 Å². The van der Waals surface area contributed by atoms with Gasteiger partial charge in [0.15, 0.2) is 0 Å². The van der Waals surface area contributed by atoms with Crippen LogP contribution in [0.4, 0.5) is 0 Å². The summed E-state index contributed by atoms with van der Waals surface area (Å²) >= 11 is -3.09. The number of ether oxygens (including phenoxy) is 2. The van der Waals surface area contributed by atoms with Gasteiger partial charge in [-0.25, -0.2) is 0 Å². The van der Waals surface area contributed by atoms with Crippen LogP contribution in [0.5, 0.6) is 0 Å². The third kappa shape index (κ3) is 5.93. The van der Waals surface area contributed by atoms with Crippen molar-refractivity contribution < 1.29 is 34.8 Å². The van der Waals surface area contributed by atoms with Gasteiger partial charge in [0.1, 0.15) is 0 Å². The van der Waals surface area contributed by atoms with Crippen LogP contribution in [0.25, 0.3) is 0 Å². The maximum absolute atomic E-state index is 13.3. The molecule has 0 N–H and O–H groups in total. The van der Waals surface area contributed by atoms with Gasteiger partial charge in [-0.15, -0.1) is 0 Å². The Hall–Kier alpha value is -2.69. The summed E-state index contributed by atoms with van der Waals surface area (Å²) in [6.07, 6.45) is 3.70. The van der Waals surface area contributed by atoms with E-state index in [9.17, 15) is 19.2 Å². The zero-order valence-electron chi connectivity index (χ0n) is 22.3. The molecule has 8 unspecified atom stereocenters. The molecule has 0 amide bonds. The average molecular weight is 651 g/mol. The summed E-state index contributed by atoms with van der Waals surface area (Å²) in [6, 6.07) is 9.24. The Morgan fingerprint density at radius 2 is 1.10 bits per heavy atom. The van der Waals surface area contributed by atoms with Gasteiger partial charge in [0.25, 0.3) is 0 Å². The van der Waals surface area contributed by atoms with Gasteiger partial charge in [0, 0.05) is 0 Å². The SMILES string of the molecule is C=C(C)C(=O)OC1CC2CC1CC2C(=O)OI(OC(=O)C1CC2CC1CC2OC(=O)C(=C)C)c1ccccc1. The Kier molecular flexibility index (Phi) is 8.16. The van der Waals surface area contributed by atoms with Crippen LogP contribution in [0.15, 0.2) is 54.6 Å². The van der Waals surface area contributed by atoms with Gasteiger partial charge >= 0.3 is 238 Å². The molecule has 39 heavy (non-hydrogen) atoms. The Balaban J connectivity index is 1.19. The summed E-state index contributed by atoms with van der Waals surface area (Å²) in [5.74, 6) is -1.60. The molecule has 210 valence electrons. The first-order valence-electron chi connectivity index (χ1n) is 13.5. The minimum atomic E-state index is -3.09. The topological polar surface area (TPSA) is 105 Å². The number of benzene rings is 1. The van der Waals surface area contributed by atoms with Crippen molar-refractivity contribution in [3.8, 4) is 0 Å². The molecule has 0 saturated heterocycles. The maximum atomic E-state index is 13.3. The van der Waals surface area contributed by atoms with E-state index < -0.39 is 32.6 Å². The van der Waals surface area contributed by atoms with E-state index in [0.717, 1.165) is 16.4 Å². The molecule has 4 bridgehead atoms. The van der Waals surface area contributed by atoms with Gasteiger partial charge in [0.05, 0.1) is 0 Å². The molecule has 0 heterocycles. The Morgan fingerprint density at radius 3 is 1.46 bits per heavy atom. The first-order valence-corrected chi connectivity index (χ1v) is 16.4. The van der Waals surface area contributed by atoms with E-state index in [1.807, 2.05) is 30.3 Å². The van der Waals surface area contributed by atoms with Crippen molar-refractivity contribution in [2.75, 3.05) is 0 Å². The molecule has 1 aromatic carbocycles. The standard InChI is InChI=1S/C30H35IO8/c1-16(2)27(32)36-25-14-18-10-20(25)12-23(18)29(34)38-31(22-8-6-5-7-9-22)39-30(35)24-13-21-11-19(24)15-26(21)37-28(33)17(3)4/h5-9,18-21,23-26H,1,3,10-15H2,2,4H3. The molecule has 8 nitrogen and oxygen atoms in total. The molecule has 4 aliphatic rings. The van der Waals surface area contributed by atoms with Crippen molar-refractivity contribution in [1.82, 2.24) is 0 Å². The Morgan fingerprint density at radius 1 is 0.667 bits per heavy atom. The first-order chi connectivity index (χ1) is 18.6. The van der Waals surface area contributed by atoms with Crippen LogP contribution in [-0.4, -0.2) is 36.1 Å². The normalized spacial score (nSPS) is 32.3. The second-order valence-corrected chi connectivity index (χ2v) is 14.8. The number of hydrogen-bond acceptors (Lipinski definition) is 8. The summed E-state index contributed by atoms with van der Waals surface area (Å²) in [4.78, 5) is 50.6. The summed E-state index contributed by atoms with van der Waals surface area (Å²) in [5, 5.41) is 0. The number of esters is 2. The Labute approximate surface area is 237 Å². The summed E-state index contributed by atoms with van der Waals surface area (Å²) < 4.78 is 23.9. The number of hydrogen-bond donors (Lipinski definition) is 0. The first kappa shape index (κ1) is 27.9. The van der Waals surface area contributed by atoms with Gasteiger partial charge in [-0.1, -0.05) is 0 Å². The van der Waals surface area contributed by atoms with Crippen LogP contribution in [0.2, 0.25) is 0 Å². The van der Waals surface area contributed by atoms with Crippen LogP contribution in [-0.2, 0) is 34.8 Å². The zero-order valence-corrected chi connectivity index (χ0v) is 24.5. The summed E-state index contributed by atoms with van der Waals surface area (Å²) in [7, 11) is 0. The molecule has 1 aromatic rings. The predicted octanol–water partition coefficient (Wildman–Crippen LogP) is 5.35. The van der Waals surface area contributed by atoms with E-state index in [2.05, 4.69) is 13.2 Å². The molecule has 4 saturated carbocycles. The van der Waals surface area contributed by atoms with Crippen LogP contribution in [0, 0.1) is 39.1 Å². The predicted molar refractivity (Wildman–Crippen MR) is 149 cm³/mol. The van der Waals surface area contributed by atoms with Crippen LogP contribution >= 0.6 is 20.6 Å². The molecule has 0 aromatic heterocycles. The van der Waals surface area contributed by atoms with Crippen molar-refractivity contribution in [1.29, 1.82) is 0 Å². The molecule has 0 aliphatic heterocycles. The van der Waals surface area contributed by atoms with Gasteiger partial charge in [0.2, 0.25) is 0 Å². The van der Waals surface area contributed by atoms with Crippen molar-refractivity contribution in [2.24, 2.45) is 35.5 Å². The molecule has 0 radical (unpaired) electrons. The van der Waals surface area contributed by atoms with E-state index in [1.54, 1.807) is 13.8 Å². The van der Waals surface area contributed by atoms with Crippen LogP contribution < -0.4 is 0 Å². The van der Waals surface area contributed by atoms with E-state index >= 15 is 0 Å².